The number of phenols is 1. The van der Waals surface area contributed by atoms with Crippen molar-refractivity contribution >= 4 is 5.91 Å². The summed E-state index contributed by atoms with van der Waals surface area (Å²) in [6.45, 7) is 0. The zero-order chi connectivity index (χ0) is 16.8. The molecule has 1 unspecified atom stereocenters. The molecule has 0 aliphatic carbocycles. The zero-order valence-electron chi connectivity index (χ0n) is 13.1. The van der Waals surface area contributed by atoms with Crippen molar-refractivity contribution in [1.29, 1.82) is 0 Å². The molecule has 0 fully saturated rings. The van der Waals surface area contributed by atoms with Crippen molar-refractivity contribution in [3.63, 3.8) is 0 Å². The SMILES string of the molecule is O=C(Cc1ccccc1O)NC(c1ccccc1)c1ccccn1. The predicted octanol–water partition coefficient (Wildman–Crippen LogP) is 3.24. The second kappa shape index (κ2) is 7.42. The third kappa shape index (κ3) is 3.79. The van der Waals surface area contributed by atoms with Gasteiger partial charge in [0.25, 0.3) is 0 Å². The van der Waals surface area contributed by atoms with Gasteiger partial charge >= 0.3 is 0 Å². The lowest BCUT2D eigenvalue weighted by molar-refractivity contribution is -0.121. The Morgan fingerprint density at radius 1 is 0.958 bits per heavy atom. The monoisotopic (exact) mass is 318 g/mol. The number of para-hydroxylation sites is 1. The minimum absolute atomic E-state index is 0.114. The molecular weight excluding hydrogens is 300 g/mol. The van der Waals surface area contributed by atoms with Gasteiger partial charge in [0.1, 0.15) is 5.75 Å². The molecule has 1 aromatic heterocycles. The Labute approximate surface area is 140 Å². The van der Waals surface area contributed by atoms with Crippen molar-refractivity contribution in [3.05, 3.63) is 95.8 Å². The number of pyridine rings is 1. The highest BCUT2D eigenvalue weighted by atomic mass is 16.3. The number of benzene rings is 2. The summed E-state index contributed by atoms with van der Waals surface area (Å²) in [5, 5.41) is 12.8. The second-order valence-corrected chi connectivity index (χ2v) is 5.47. The van der Waals surface area contributed by atoms with Crippen LogP contribution in [0.15, 0.2) is 79.0 Å². The van der Waals surface area contributed by atoms with Crippen LogP contribution in [0, 0.1) is 0 Å². The predicted molar refractivity (Wildman–Crippen MR) is 92.5 cm³/mol. The zero-order valence-corrected chi connectivity index (χ0v) is 13.1. The van der Waals surface area contributed by atoms with E-state index < -0.39 is 0 Å². The van der Waals surface area contributed by atoms with E-state index in [0.717, 1.165) is 11.3 Å². The normalized spacial score (nSPS) is 11.7. The van der Waals surface area contributed by atoms with Gasteiger partial charge in [0.05, 0.1) is 18.2 Å². The number of rotatable bonds is 5. The molecular formula is C20H18N2O2. The number of nitrogens with zero attached hydrogens (tertiary/aromatic N) is 1. The Morgan fingerprint density at radius 3 is 2.38 bits per heavy atom. The minimum Gasteiger partial charge on any atom is -0.508 e. The summed E-state index contributed by atoms with van der Waals surface area (Å²) in [6, 6.07) is 21.9. The first kappa shape index (κ1) is 15.7. The fourth-order valence-corrected chi connectivity index (χ4v) is 2.57. The molecule has 0 radical (unpaired) electrons. The quantitative estimate of drug-likeness (QED) is 0.759. The molecule has 0 saturated heterocycles. The van der Waals surface area contributed by atoms with Crippen molar-refractivity contribution in [1.82, 2.24) is 10.3 Å². The standard InChI is InChI=1S/C20H18N2O2/c23-18-12-5-4-10-16(18)14-19(24)22-20(15-8-2-1-3-9-15)17-11-6-7-13-21-17/h1-13,20,23H,14H2,(H,22,24). The summed E-state index contributed by atoms with van der Waals surface area (Å²) >= 11 is 0. The third-order valence-corrected chi connectivity index (χ3v) is 3.76. The van der Waals surface area contributed by atoms with E-state index in [2.05, 4.69) is 10.3 Å². The molecule has 0 aliphatic rings. The van der Waals surface area contributed by atoms with Crippen molar-refractivity contribution < 1.29 is 9.90 Å². The van der Waals surface area contributed by atoms with Crippen molar-refractivity contribution in [2.24, 2.45) is 0 Å². The van der Waals surface area contributed by atoms with Crippen LogP contribution in [0.4, 0.5) is 0 Å². The average Bonchev–Trinajstić information content (AvgIpc) is 2.63. The fraction of sp³-hybridized carbons (Fsp3) is 0.100. The Kier molecular flexibility index (Phi) is 4.87. The number of hydrogen-bond acceptors (Lipinski definition) is 3. The van der Waals surface area contributed by atoms with Gasteiger partial charge in [-0.15, -0.1) is 0 Å². The highest BCUT2D eigenvalue weighted by Crippen LogP contribution is 2.21. The Balaban J connectivity index is 1.82. The summed E-state index contributed by atoms with van der Waals surface area (Å²) in [7, 11) is 0. The van der Waals surface area contributed by atoms with Crippen LogP contribution >= 0.6 is 0 Å². The molecule has 0 saturated carbocycles. The number of nitrogens with one attached hydrogen (secondary N) is 1. The van der Waals surface area contributed by atoms with E-state index in [-0.39, 0.29) is 24.1 Å². The molecule has 1 heterocycles. The van der Waals surface area contributed by atoms with E-state index in [9.17, 15) is 9.90 Å². The van der Waals surface area contributed by atoms with Crippen LogP contribution < -0.4 is 5.32 Å². The summed E-state index contributed by atoms with van der Waals surface area (Å²) in [5.74, 6) is -0.0437. The van der Waals surface area contributed by atoms with E-state index >= 15 is 0 Å². The van der Waals surface area contributed by atoms with Gasteiger partial charge in [0.15, 0.2) is 0 Å². The summed E-state index contributed by atoms with van der Waals surface area (Å²) in [5.41, 5.74) is 2.33. The molecule has 2 aromatic carbocycles. The molecule has 3 aromatic rings. The number of aromatic nitrogens is 1. The maximum Gasteiger partial charge on any atom is 0.225 e. The van der Waals surface area contributed by atoms with Crippen LogP contribution in [-0.2, 0) is 11.2 Å². The maximum atomic E-state index is 12.5. The van der Waals surface area contributed by atoms with E-state index in [1.54, 1.807) is 30.5 Å². The lowest BCUT2D eigenvalue weighted by Gasteiger charge is -2.19. The van der Waals surface area contributed by atoms with Crippen LogP contribution in [0.3, 0.4) is 0 Å². The molecule has 0 aliphatic heterocycles. The summed E-state index contributed by atoms with van der Waals surface area (Å²) in [6.07, 6.45) is 1.82. The molecule has 2 N–H and O–H groups in total. The Bertz CT molecular complexity index is 765. The maximum absolute atomic E-state index is 12.5. The highest BCUT2D eigenvalue weighted by Gasteiger charge is 2.18. The van der Waals surface area contributed by atoms with Crippen molar-refractivity contribution in [3.8, 4) is 5.75 Å². The smallest absolute Gasteiger partial charge is 0.225 e. The second-order valence-electron chi connectivity index (χ2n) is 5.47. The van der Waals surface area contributed by atoms with Crippen LogP contribution in [0.1, 0.15) is 22.9 Å². The summed E-state index contributed by atoms with van der Waals surface area (Å²) in [4.78, 5) is 16.8. The Hall–Kier alpha value is -3.14. The van der Waals surface area contributed by atoms with Crippen molar-refractivity contribution in [2.45, 2.75) is 12.5 Å². The number of carbonyl (C=O) groups excluding carboxylic acids is 1. The molecule has 4 heteroatoms. The summed E-state index contributed by atoms with van der Waals surface area (Å²) < 4.78 is 0. The van der Waals surface area contributed by atoms with Crippen LogP contribution in [0.25, 0.3) is 0 Å². The number of hydrogen-bond donors (Lipinski definition) is 2. The Morgan fingerprint density at radius 2 is 1.67 bits per heavy atom. The molecule has 1 amide bonds. The van der Waals surface area contributed by atoms with Crippen LogP contribution in [0.5, 0.6) is 5.75 Å². The van der Waals surface area contributed by atoms with Crippen LogP contribution in [0.2, 0.25) is 0 Å². The first-order valence-electron chi connectivity index (χ1n) is 7.76. The van der Waals surface area contributed by atoms with Crippen LogP contribution in [-0.4, -0.2) is 16.0 Å². The van der Waals surface area contributed by atoms with E-state index in [1.807, 2.05) is 48.5 Å². The van der Waals surface area contributed by atoms with Gasteiger partial charge < -0.3 is 10.4 Å². The number of aromatic hydroxyl groups is 1. The first-order valence-corrected chi connectivity index (χ1v) is 7.76. The molecule has 24 heavy (non-hydrogen) atoms. The van der Waals surface area contributed by atoms with Gasteiger partial charge in [0, 0.05) is 11.8 Å². The topological polar surface area (TPSA) is 62.2 Å². The molecule has 120 valence electrons. The van der Waals surface area contributed by atoms with E-state index in [1.165, 1.54) is 0 Å². The molecule has 0 spiro atoms. The van der Waals surface area contributed by atoms with Crippen molar-refractivity contribution in [2.75, 3.05) is 0 Å². The number of carbonyl (C=O) groups is 1. The van der Waals surface area contributed by atoms with Gasteiger partial charge in [-0.05, 0) is 23.8 Å². The average molecular weight is 318 g/mol. The lowest BCUT2D eigenvalue weighted by atomic mass is 10.0. The fourth-order valence-electron chi connectivity index (χ4n) is 2.57. The van der Waals surface area contributed by atoms with E-state index in [0.29, 0.717) is 5.56 Å². The molecule has 4 nitrogen and oxygen atoms in total. The molecule has 1 atom stereocenters. The first-order chi connectivity index (χ1) is 11.7. The largest absolute Gasteiger partial charge is 0.508 e. The van der Waals surface area contributed by atoms with Gasteiger partial charge in [-0.2, -0.15) is 0 Å². The molecule has 0 bridgehead atoms. The lowest BCUT2D eigenvalue weighted by Crippen LogP contribution is -2.31. The third-order valence-electron chi connectivity index (χ3n) is 3.76. The van der Waals surface area contributed by atoms with Gasteiger partial charge in [0.2, 0.25) is 5.91 Å². The minimum atomic E-state index is -0.328. The van der Waals surface area contributed by atoms with Gasteiger partial charge in [-0.1, -0.05) is 54.6 Å². The van der Waals surface area contributed by atoms with Gasteiger partial charge in [-0.25, -0.2) is 0 Å². The van der Waals surface area contributed by atoms with Gasteiger partial charge in [-0.3, -0.25) is 9.78 Å². The number of amides is 1. The highest BCUT2D eigenvalue weighted by molar-refractivity contribution is 5.80. The number of phenolic OH excluding ortho intramolecular Hbond substituents is 1. The molecule has 3 rings (SSSR count). The van der Waals surface area contributed by atoms with E-state index in [4.69, 9.17) is 0 Å².